The Bertz CT molecular complexity index is 492. The van der Waals surface area contributed by atoms with Gasteiger partial charge in [0, 0.05) is 31.4 Å². The van der Waals surface area contributed by atoms with E-state index in [-0.39, 0.29) is 18.4 Å². The third-order valence-electron chi connectivity index (χ3n) is 2.78. The smallest absolute Gasteiger partial charge is 0.308 e. The van der Waals surface area contributed by atoms with Gasteiger partial charge in [0.05, 0.1) is 12.1 Å². The van der Waals surface area contributed by atoms with Gasteiger partial charge in [0.2, 0.25) is 5.91 Å². The minimum Gasteiger partial charge on any atom is -0.481 e. The van der Waals surface area contributed by atoms with E-state index in [4.69, 9.17) is 5.11 Å². The molecular formula is C14H21N3O3. The van der Waals surface area contributed by atoms with Crippen LogP contribution in [0.25, 0.3) is 6.08 Å². The van der Waals surface area contributed by atoms with Gasteiger partial charge in [0.25, 0.3) is 0 Å². The Kier molecular flexibility index (Phi) is 5.96. The minimum atomic E-state index is -0.879. The van der Waals surface area contributed by atoms with E-state index < -0.39 is 11.9 Å². The fourth-order valence-electron chi connectivity index (χ4n) is 1.82. The van der Waals surface area contributed by atoms with E-state index in [1.54, 1.807) is 30.2 Å². The summed E-state index contributed by atoms with van der Waals surface area (Å²) in [5, 5.41) is 15.7. The van der Waals surface area contributed by atoms with Crippen molar-refractivity contribution in [2.75, 3.05) is 6.54 Å². The summed E-state index contributed by atoms with van der Waals surface area (Å²) in [6.45, 7) is 4.06. The van der Waals surface area contributed by atoms with Crippen molar-refractivity contribution in [2.24, 2.45) is 18.9 Å². The Morgan fingerprint density at radius 3 is 2.70 bits per heavy atom. The summed E-state index contributed by atoms with van der Waals surface area (Å²) in [5.41, 5.74) is 0.819. The second-order valence-corrected chi connectivity index (χ2v) is 5.19. The SMILES string of the molecule is CC(C)CC(CNC(=O)/C=C/c1cnn(C)c1)C(=O)O. The fourth-order valence-corrected chi connectivity index (χ4v) is 1.82. The highest BCUT2D eigenvalue weighted by Gasteiger charge is 2.19. The van der Waals surface area contributed by atoms with Crippen molar-refractivity contribution in [3.05, 3.63) is 24.0 Å². The Hall–Kier alpha value is -2.11. The van der Waals surface area contributed by atoms with Crippen LogP contribution >= 0.6 is 0 Å². The molecule has 0 saturated heterocycles. The van der Waals surface area contributed by atoms with Gasteiger partial charge in [-0.1, -0.05) is 13.8 Å². The highest BCUT2D eigenvalue weighted by atomic mass is 16.4. The first-order chi connectivity index (χ1) is 9.38. The molecule has 0 aromatic carbocycles. The van der Waals surface area contributed by atoms with E-state index in [2.05, 4.69) is 10.4 Å². The Morgan fingerprint density at radius 1 is 1.50 bits per heavy atom. The molecule has 1 aromatic rings. The number of hydrogen-bond donors (Lipinski definition) is 2. The van der Waals surface area contributed by atoms with Gasteiger partial charge in [0.1, 0.15) is 0 Å². The standard InChI is InChI=1S/C14H21N3O3/c1-10(2)6-12(14(19)20)8-15-13(18)5-4-11-7-16-17(3)9-11/h4-5,7,9-10,12H,6,8H2,1-3H3,(H,15,18)(H,19,20)/b5-4+. The molecule has 1 aromatic heterocycles. The molecule has 1 heterocycles. The first kappa shape index (κ1) is 15.9. The van der Waals surface area contributed by atoms with Crippen LogP contribution in [0.1, 0.15) is 25.8 Å². The molecule has 0 spiro atoms. The topological polar surface area (TPSA) is 84.2 Å². The largest absolute Gasteiger partial charge is 0.481 e. The Morgan fingerprint density at radius 2 is 2.20 bits per heavy atom. The number of carbonyl (C=O) groups is 2. The summed E-state index contributed by atoms with van der Waals surface area (Å²) in [5.74, 6) is -1.45. The monoisotopic (exact) mass is 279 g/mol. The van der Waals surface area contributed by atoms with Gasteiger partial charge < -0.3 is 10.4 Å². The van der Waals surface area contributed by atoms with Gasteiger partial charge in [-0.15, -0.1) is 0 Å². The van der Waals surface area contributed by atoms with Crippen LogP contribution in [0.2, 0.25) is 0 Å². The maximum Gasteiger partial charge on any atom is 0.308 e. The van der Waals surface area contributed by atoms with Crippen molar-refractivity contribution in [3.63, 3.8) is 0 Å². The van der Waals surface area contributed by atoms with Gasteiger partial charge in [-0.2, -0.15) is 5.10 Å². The van der Waals surface area contributed by atoms with E-state index in [0.717, 1.165) is 5.56 Å². The number of aryl methyl sites for hydroxylation is 1. The quantitative estimate of drug-likeness (QED) is 0.737. The van der Waals surface area contributed by atoms with Crippen molar-refractivity contribution in [3.8, 4) is 0 Å². The first-order valence-corrected chi connectivity index (χ1v) is 6.56. The fraction of sp³-hybridized carbons (Fsp3) is 0.500. The summed E-state index contributed by atoms with van der Waals surface area (Å²) in [7, 11) is 1.79. The van der Waals surface area contributed by atoms with Crippen LogP contribution in [0.5, 0.6) is 0 Å². The van der Waals surface area contributed by atoms with E-state index in [0.29, 0.717) is 6.42 Å². The lowest BCUT2D eigenvalue weighted by Crippen LogP contribution is -2.32. The number of carboxylic acids is 1. The van der Waals surface area contributed by atoms with Crippen molar-refractivity contribution >= 4 is 18.0 Å². The van der Waals surface area contributed by atoms with Gasteiger partial charge in [-0.25, -0.2) is 0 Å². The average Bonchev–Trinajstić information content (AvgIpc) is 2.77. The molecule has 0 radical (unpaired) electrons. The van der Waals surface area contributed by atoms with Crippen molar-refractivity contribution in [2.45, 2.75) is 20.3 Å². The van der Waals surface area contributed by atoms with Crippen LogP contribution in [0.3, 0.4) is 0 Å². The molecule has 0 fully saturated rings. The molecule has 0 saturated carbocycles. The predicted octanol–water partition coefficient (Wildman–Crippen LogP) is 1.30. The maximum absolute atomic E-state index is 11.6. The normalized spacial score (nSPS) is 12.8. The molecule has 20 heavy (non-hydrogen) atoms. The van der Waals surface area contributed by atoms with Gasteiger partial charge in [-0.3, -0.25) is 14.3 Å². The Balaban J connectivity index is 2.45. The number of rotatable bonds is 7. The lowest BCUT2D eigenvalue weighted by atomic mass is 9.97. The van der Waals surface area contributed by atoms with E-state index >= 15 is 0 Å². The summed E-state index contributed by atoms with van der Waals surface area (Å²) in [4.78, 5) is 22.7. The number of nitrogens with zero attached hydrogens (tertiary/aromatic N) is 2. The summed E-state index contributed by atoms with van der Waals surface area (Å²) >= 11 is 0. The first-order valence-electron chi connectivity index (χ1n) is 6.56. The van der Waals surface area contributed by atoms with Gasteiger partial charge >= 0.3 is 5.97 Å². The second-order valence-electron chi connectivity index (χ2n) is 5.19. The molecule has 0 aliphatic rings. The number of hydrogen-bond acceptors (Lipinski definition) is 3. The predicted molar refractivity (Wildman–Crippen MR) is 75.8 cm³/mol. The van der Waals surface area contributed by atoms with Crippen LogP contribution in [0.4, 0.5) is 0 Å². The summed E-state index contributed by atoms with van der Waals surface area (Å²) in [6.07, 6.45) is 6.99. The third-order valence-corrected chi connectivity index (χ3v) is 2.78. The van der Waals surface area contributed by atoms with E-state index in [1.807, 2.05) is 13.8 Å². The maximum atomic E-state index is 11.6. The lowest BCUT2D eigenvalue weighted by molar-refractivity contribution is -0.142. The summed E-state index contributed by atoms with van der Waals surface area (Å²) in [6, 6.07) is 0. The number of carboxylic acid groups (broad SMARTS) is 1. The molecule has 6 nitrogen and oxygen atoms in total. The zero-order chi connectivity index (χ0) is 15.1. The number of carbonyl (C=O) groups excluding carboxylic acids is 1. The van der Waals surface area contributed by atoms with Gasteiger partial charge in [0.15, 0.2) is 0 Å². The lowest BCUT2D eigenvalue weighted by Gasteiger charge is -2.14. The molecule has 1 unspecified atom stereocenters. The molecule has 1 rings (SSSR count). The van der Waals surface area contributed by atoms with Gasteiger partial charge in [-0.05, 0) is 18.4 Å². The van der Waals surface area contributed by atoms with Crippen LogP contribution < -0.4 is 5.32 Å². The average molecular weight is 279 g/mol. The highest BCUT2D eigenvalue weighted by molar-refractivity contribution is 5.91. The number of amides is 1. The Labute approximate surface area is 118 Å². The third kappa shape index (κ3) is 5.69. The highest BCUT2D eigenvalue weighted by Crippen LogP contribution is 2.11. The molecule has 1 atom stereocenters. The molecule has 1 amide bonds. The molecular weight excluding hydrogens is 258 g/mol. The minimum absolute atomic E-state index is 0.143. The van der Waals surface area contributed by atoms with E-state index in [9.17, 15) is 9.59 Å². The van der Waals surface area contributed by atoms with Crippen LogP contribution in [-0.4, -0.2) is 33.3 Å². The molecule has 110 valence electrons. The second kappa shape index (κ2) is 7.47. The molecule has 0 aliphatic carbocycles. The molecule has 0 bridgehead atoms. The molecule has 6 heteroatoms. The molecule has 2 N–H and O–H groups in total. The van der Waals surface area contributed by atoms with Crippen molar-refractivity contribution < 1.29 is 14.7 Å². The number of aromatic nitrogens is 2. The van der Waals surface area contributed by atoms with Crippen molar-refractivity contribution in [1.82, 2.24) is 15.1 Å². The zero-order valence-electron chi connectivity index (χ0n) is 12.0. The summed E-state index contributed by atoms with van der Waals surface area (Å²) < 4.78 is 1.64. The van der Waals surface area contributed by atoms with Crippen LogP contribution in [-0.2, 0) is 16.6 Å². The van der Waals surface area contributed by atoms with Crippen LogP contribution in [0.15, 0.2) is 18.5 Å². The van der Waals surface area contributed by atoms with Crippen LogP contribution in [0, 0.1) is 11.8 Å². The van der Waals surface area contributed by atoms with Crippen molar-refractivity contribution in [1.29, 1.82) is 0 Å². The zero-order valence-corrected chi connectivity index (χ0v) is 12.0. The molecule has 0 aliphatic heterocycles. The van der Waals surface area contributed by atoms with E-state index in [1.165, 1.54) is 6.08 Å². The number of aliphatic carboxylic acids is 1. The number of nitrogens with one attached hydrogen (secondary N) is 1.